The van der Waals surface area contributed by atoms with Gasteiger partial charge in [0.05, 0.1) is 18.2 Å². The molecule has 0 unspecified atom stereocenters. The molecule has 0 saturated heterocycles. The number of urea groups is 1. The number of aliphatic hydroxyl groups excluding tert-OH is 1. The Labute approximate surface area is 122 Å². The number of nitrogens with zero attached hydrogens (tertiary/aromatic N) is 2. The van der Waals surface area contributed by atoms with E-state index in [1.807, 2.05) is 0 Å². The van der Waals surface area contributed by atoms with Crippen molar-refractivity contribution in [1.82, 2.24) is 14.8 Å². The molecule has 1 heterocycles. The number of carbonyl (C=O) groups excluding carboxylic acids is 1. The Hall–Kier alpha value is -0.910. The second-order valence-corrected chi connectivity index (χ2v) is 5.41. The summed E-state index contributed by atoms with van der Waals surface area (Å²) in [7, 11) is 1.79. The fourth-order valence-electron chi connectivity index (χ4n) is 1.97. The van der Waals surface area contributed by atoms with Gasteiger partial charge in [0.15, 0.2) is 0 Å². The minimum absolute atomic E-state index is 0.0221. The van der Waals surface area contributed by atoms with Crippen molar-refractivity contribution in [2.24, 2.45) is 7.05 Å². The van der Waals surface area contributed by atoms with Crippen LogP contribution in [0.25, 0.3) is 0 Å². The predicted octanol–water partition coefficient (Wildman–Crippen LogP) is 2.00. The molecule has 2 N–H and O–H groups in total. The molecule has 1 saturated carbocycles. The Bertz CT molecular complexity index is 472. The van der Waals surface area contributed by atoms with Crippen LogP contribution in [0.5, 0.6) is 0 Å². The third-order valence-electron chi connectivity index (χ3n) is 3.23. The highest BCUT2D eigenvalue weighted by molar-refractivity contribution is 6.41. The van der Waals surface area contributed by atoms with E-state index in [-0.39, 0.29) is 18.7 Å². The van der Waals surface area contributed by atoms with Gasteiger partial charge in [-0.05, 0) is 18.9 Å². The first-order valence-electron chi connectivity index (χ1n) is 6.19. The first-order valence-corrected chi connectivity index (χ1v) is 6.95. The van der Waals surface area contributed by atoms with Gasteiger partial charge < -0.3 is 19.9 Å². The van der Waals surface area contributed by atoms with Gasteiger partial charge in [0.25, 0.3) is 0 Å². The van der Waals surface area contributed by atoms with E-state index in [0.29, 0.717) is 23.3 Å². The second kappa shape index (κ2) is 6.03. The van der Waals surface area contributed by atoms with E-state index >= 15 is 0 Å². The summed E-state index contributed by atoms with van der Waals surface area (Å²) in [5, 5.41) is 12.7. The molecule has 7 heteroatoms. The van der Waals surface area contributed by atoms with Crippen molar-refractivity contribution in [2.75, 3.05) is 13.2 Å². The van der Waals surface area contributed by atoms with Gasteiger partial charge in [-0.2, -0.15) is 0 Å². The smallest absolute Gasteiger partial charge is 0.318 e. The molecule has 0 bridgehead atoms. The number of nitrogens with one attached hydrogen (secondary N) is 1. The maximum Gasteiger partial charge on any atom is 0.318 e. The molecular formula is C12H17Cl2N3O2. The zero-order valence-corrected chi connectivity index (χ0v) is 12.2. The number of hydrogen-bond donors (Lipinski definition) is 2. The van der Waals surface area contributed by atoms with Crippen LogP contribution in [0.2, 0.25) is 10.2 Å². The number of amides is 2. The maximum absolute atomic E-state index is 12.0. The minimum Gasteiger partial charge on any atom is -0.395 e. The number of aliphatic hydroxyl groups is 1. The number of hydrogen-bond acceptors (Lipinski definition) is 2. The molecule has 0 atom stereocenters. The van der Waals surface area contributed by atoms with Crippen LogP contribution in [0.3, 0.4) is 0 Å². The van der Waals surface area contributed by atoms with Crippen LogP contribution in [0.1, 0.15) is 18.5 Å². The molecule has 0 aliphatic heterocycles. The van der Waals surface area contributed by atoms with Gasteiger partial charge in [0.1, 0.15) is 5.15 Å². The maximum atomic E-state index is 12.0. The van der Waals surface area contributed by atoms with Gasteiger partial charge in [-0.3, -0.25) is 0 Å². The molecule has 0 aromatic carbocycles. The van der Waals surface area contributed by atoms with Crippen LogP contribution in [0.15, 0.2) is 6.07 Å². The van der Waals surface area contributed by atoms with Crippen molar-refractivity contribution in [1.29, 1.82) is 0 Å². The van der Waals surface area contributed by atoms with Gasteiger partial charge in [0, 0.05) is 25.3 Å². The molecule has 0 spiro atoms. The van der Waals surface area contributed by atoms with Crippen molar-refractivity contribution in [3.8, 4) is 0 Å². The highest BCUT2D eigenvalue weighted by Crippen LogP contribution is 2.27. The molecule has 1 aliphatic rings. The zero-order chi connectivity index (χ0) is 14.0. The molecule has 19 heavy (non-hydrogen) atoms. The van der Waals surface area contributed by atoms with Gasteiger partial charge in [-0.25, -0.2) is 4.79 Å². The van der Waals surface area contributed by atoms with Gasteiger partial charge >= 0.3 is 6.03 Å². The molecule has 1 fully saturated rings. The summed E-state index contributed by atoms with van der Waals surface area (Å²) in [6.45, 7) is 0.702. The standard InChI is InChI=1S/C12H17Cl2N3O2/c1-16-9(6-10(13)11(16)14)7-15-12(19)17(4-5-18)8-2-3-8/h6,8,18H,2-5,7H2,1H3,(H,15,19). The SMILES string of the molecule is Cn1c(CNC(=O)N(CCO)C2CC2)cc(Cl)c1Cl. The van der Waals surface area contributed by atoms with E-state index in [1.165, 1.54) is 0 Å². The number of aromatic nitrogens is 1. The zero-order valence-electron chi connectivity index (χ0n) is 10.7. The van der Waals surface area contributed by atoms with Crippen LogP contribution >= 0.6 is 23.2 Å². The predicted molar refractivity (Wildman–Crippen MR) is 74.5 cm³/mol. The third-order valence-corrected chi connectivity index (χ3v) is 4.07. The second-order valence-electron chi connectivity index (χ2n) is 4.64. The van der Waals surface area contributed by atoms with Crippen LogP contribution in [0, 0.1) is 0 Å². The number of carbonyl (C=O) groups is 1. The summed E-state index contributed by atoms with van der Waals surface area (Å²) >= 11 is 11.9. The third kappa shape index (κ3) is 3.35. The molecule has 5 nitrogen and oxygen atoms in total. The van der Waals surface area contributed by atoms with Crippen LogP contribution in [-0.4, -0.2) is 39.8 Å². The topological polar surface area (TPSA) is 57.5 Å². The lowest BCUT2D eigenvalue weighted by Crippen LogP contribution is -2.42. The highest BCUT2D eigenvalue weighted by Gasteiger charge is 2.32. The van der Waals surface area contributed by atoms with Crippen LogP contribution in [0.4, 0.5) is 4.79 Å². The Kier molecular flexibility index (Phi) is 4.60. The summed E-state index contributed by atoms with van der Waals surface area (Å²) in [5.74, 6) is 0. The summed E-state index contributed by atoms with van der Waals surface area (Å²) < 4.78 is 1.73. The normalized spacial score (nSPS) is 14.5. The Balaban J connectivity index is 1.93. The Morgan fingerprint density at radius 3 is 2.74 bits per heavy atom. The van der Waals surface area contributed by atoms with E-state index in [0.717, 1.165) is 18.5 Å². The van der Waals surface area contributed by atoms with E-state index < -0.39 is 0 Å². The van der Waals surface area contributed by atoms with Crippen molar-refractivity contribution >= 4 is 29.2 Å². The summed E-state index contributed by atoms with van der Waals surface area (Å²) in [6.07, 6.45) is 2.02. The van der Waals surface area contributed by atoms with Gasteiger partial charge in [-0.15, -0.1) is 0 Å². The average Bonchev–Trinajstić information content (AvgIpc) is 3.19. The van der Waals surface area contributed by atoms with E-state index in [9.17, 15) is 4.79 Å². The fourth-order valence-corrected chi connectivity index (χ4v) is 2.39. The van der Waals surface area contributed by atoms with Crippen molar-refractivity contribution in [3.05, 3.63) is 21.9 Å². The molecular weight excluding hydrogens is 289 g/mol. The molecule has 1 aromatic heterocycles. The van der Waals surface area contributed by atoms with E-state index in [4.69, 9.17) is 28.3 Å². The first-order chi connectivity index (χ1) is 9.04. The molecule has 2 rings (SSSR count). The lowest BCUT2D eigenvalue weighted by atomic mass is 10.4. The molecule has 1 aliphatic carbocycles. The summed E-state index contributed by atoms with van der Waals surface area (Å²) in [5.41, 5.74) is 0.836. The summed E-state index contributed by atoms with van der Waals surface area (Å²) in [6, 6.07) is 1.84. The Morgan fingerprint density at radius 1 is 1.58 bits per heavy atom. The monoisotopic (exact) mass is 305 g/mol. The van der Waals surface area contributed by atoms with Crippen LogP contribution in [-0.2, 0) is 13.6 Å². The number of halogens is 2. The molecule has 1 aromatic rings. The molecule has 0 radical (unpaired) electrons. The fraction of sp³-hybridized carbons (Fsp3) is 0.583. The highest BCUT2D eigenvalue weighted by atomic mass is 35.5. The molecule has 2 amide bonds. The molecule has 106 valence electrons. The Morgan fingerprint density at radius 2 is 2.26 bits per heavy atom. The van der Waals surface area contributed by atoms with Gasteiger partial charge in [-0.1, -0.05) is 23.2 Å². The summed E-state index contributed by atoms with van der Waals surface area (Å²) in [4.78, 5) is 13.7. The minimum atomic E-state index is -0.162. The van der Waals surface area contributed by atoms with Gasteiger partial charge in [0.2, 0.25) is 0 Å². The van der Waals surface area contributed by atoms with E-state index in [2.05, 4.69) is 5.32 Å². The van der Waals surface area contributed by atoms with Crippen molar-refractivity contribution in [2.45, 2.75) is 25.4 Å². The number of rotatable bonds is 5. The first kappa shape index (κ1) is 14.5. The lowest BCUT2D eigenvalue weighted by molar-refractivity contribution is 0.173. The lowest BCUT2D eigenvalue weighted by Gasteiger charge is -2.21. The van der Waals surface area contributed by atoms with Crippen molar-refractivity contribution in [3.63, 3.8) is 0 Å². The van der Waals surface area contributed by atoms with Crippen molar-refractivity contribution < 1.29 is 9.90 Å². The van der Waals surface area contributed by atoms with E-state index in [1.54, 1.807) is 22.6 Å². The quantitative estimate of drug-likeness (QED) is 0.874. The van der Waals surface area contributed by atoms with Crippen LogP contribution < -0.4 is 5.32 Å². The average molecular weight is 306 g/mol. The largest absolute Gasteiger partial charge is 0.395 e.